The van der Waals surface area contributed by atoms with E-state index in [4.69, 9.17) is 4.74 Å². The molecular weight excluding hydrogens is 316 g/mol. The van der Waals surface area contributed by atoms with Gasteiger partial charge in [0.2, 0.25) is 0 Å². The van der Waals surface area contributed by atoms with Crippen molar-refractivity contribution in [1.82, 2.24) is 20.0 Å². The summed E-state index contributed by atoms with van der Waals surface area (Å²) in [4.78, 5) is 14.4. The smallest absolute Gasteiger partial charge is 0.317 e. The number of benzene rings is 1. The highest BCUT2D eigenvalue weighted by atomic mass is 16.5. The van der Waals surface area contributed by atoms with Crippen LogP contribution in [0, 0.1) is 12.8 Å². The molecule has 134 valence electrons. The number of carbonyl (C=O) groups is 1. The number of hydrogen-bond donors (Lipinski definition) is 1. The number of urea groups is 1. The standard InChI is InChI=1S/C19H26N4O2/c1-14-8-10-22(13-18(14)25-3)19(24)20-12-16-6-4-5-7-17(16)23-11-9-15(2)21-23/h4-7,9,11,14,18H,8,10,12-13H2,1-3H3,(H,20,24)/t14-,18-/m1/s1. The lowest BCUT2D eigenvalue weighted by molar-refractivity contribution is 0.00714. The number of likely N-dealkylation sites (tertiary alicyclic amines) is 1. The molecule has 1 aromatic heterocycles. The van der Waals surface area contributed by atoms with Crippen molar-refractivity contribution >= 4 is 6.03 Å². The van der Waals surface area contributed by atoms with Crippen LogP contribution in [0.1, 0.15) is 24.6 Å². The molecule has 2 aromatic rings. The number of aromatic nitrogens is 2. The van der Waals surface area contributed by atoms with Gasteiger partial charge in [-0.15, -0.1) is 0 Å². The summed E-state index contributed by atoms with van der Waals surface area (Å²) in [5, 5.41) is 7.50. The summed E-state index contributed by atoms with van der Waals surface area (Å²) < 4.78 is 7.34. The van der Waals surface area contributed by atoms with Crippen LogP contribution in [0.2, 0.25) is 0 Å². The fourth-order valence-electron chi connectivity index (χ4n) is 3.24. The molecule has 1 aromatic carbocycles. The molecule has 1 aliphatic heterocycles. The van der Waals surface area contributed by atoms with Crippen molar-refractivity contribution in [3.05, 3.63) is 47.8 Å². The van der Waals surface area contributed by atoms with E-state index in [9.17, 15) is 4.79 Å². The fourth-order valence-corrected chi connectivity index (χ4v) is 3.24. The van der Waals surface area contributed by atoms with E-state index in [1.54, 1.807) is 7.11 Å². The first-order chi connectivity index (χ1) is 12.1. The van der Waals surface area contributed by atoms with E-state index in [0.29, 0.717) is 19.0 Å². The van der Waals surface area contributed by atoms with Crippen LogP contribution < -0.4 is 5.32 Å². The number of para-hydroxylation sites is 1. The molecule has 2 heterocycles. The molecule has 6 heteroatoms. The highest BCUT2D eigenvalue weighted by molar-refractivity contribution is 5.74. The topological polar surface area (TPSA) is 59.4 Å². The molecule has 3 rings (SSSR count). The minimum Gasteiger partial charge on any atom is -0.379 e. The van der Waals surface area contributed by atoms with Crippen LogP contribution >= 0.6 is 0 Å². The SMILES string of the molecule is CO[C@@H]1CN(C(=O)NCc2ccccc2-n2ccc(C)n2)CC[C@H]1C. The number of hydrogen-bond acceptors (Lipinski definition) is 3. The molecule has 1 N–H and O–H groups in total. The summed E-state index contributed by atoms with van der Waals surface area (Å²) >= 11 is 0. The van der Waals surface area contributed by atoms with Crippen LogP contribution in [0.5, 0.6) is 0 Å². The molecule has 6 nitrogen and oxygen atoms in total. The van der Waals surface area contributed by atoms with E-state index in [-0.39, 0.29) is 12.1 Å². The van der Waals surface area contributed by atoms with Crippen molar-refractivity contribution in [2.75, 3.05) is 20.2 Å². The van der Waals surface area contributed by atoms with Gasteiger partial charge in [-0.1, -0.05) is 25.1 Å². The van der Waals surface area contributed by atoms with Gasteiger partial charge in [0.15, 0.2) is 0 Å². The van der Waals surface area contributed by atoms with Gasteiger partial charge in [0.05, 0.1) is 17.5 Å². The normalized spacial score (nSPS) is 20.5. The average molecular weight is 342 g/mol. The zero-order chi connectivity index (χ0) is 17.8. The molecule has 2 amide bonds. The van der Waals surface area contributed by atoms with E-state index in [1.807, 2.05) is 53.0 Å². The maximum absolute atomic E-state index is 12.5. The van der Waals surface area contributed by atoms with Gasteiger partial charge in [-0.2, -0.15) is 5.10 Å². The van der Waals surface area contributed by atoms with Gasteiger partial charge in [-0.05, 0) is 37.0 Å². The quantitative estimate of drug-likeness (QED) is 0.929. The Hall–Kier alpha value is -2.34. The minimum atomic E-state index is -0.0413. The van der Waals surface area contributed by atoms with E-state index in [1.165, 1.54) is 0 Å². The number of nitrogens with zero attached hydrogens (tertiary/aromatic N) is 3. The van der Waals surface area contributed by atoms with E-state index in [2.05, 4.69) is 17.3 Å². The fraction of sp³-hybridized carbons (Fsp3) is 0.474. The molecule has 0 bridgehead atoms. The number of amides is 2. The van der Waals surface area contributed by atoms with Gasteiger partial charge in [0, 0.05) is 32.9 Å². The Balaban J connectivity index is 1.65. The number of piperidine rings is 1. The van der Waals surface area contributed by atoms with Crippen LogP contribution in [0.25, 0.3) is 5.69 Å². The van der Waals surface area contributed by atoms with Crippen molar-refractivity contribution in [1.29, 1.82) is 0 Å². The molecule has 0 aliphatic carbocycles. The maximum Gasteiger partial charge on any atom is 0.317 e. The Morgan fingerprint density at radius 1 is 1.36 bits per heavy atom. The molecule has 0 radical (unpaired) electrons. The summed E-state index contributed by atoms with van der Waals surface area (Å²) in [7, 11) is 1.71. The van der Waals surface area contributed by atoms with Gasteiger partial charge in [-0.3, -0.25) is 0 Å². The Bertz CT molecular complexity index is 728. The van der Waals surface area contributed by atoms with Gasteiger partial charge >= 0.3 is 6.03 Å². The zero-order valence-corrected chi connectivity index (χ0v) is 15.1. The first-order valence-electron chi connectivity index (χ1n) is 8.74. The first kappa shape index (κ1) is 17.5. The molecule has 1 saturated heterocycles. The number of aryl methyl sites for hydroxylation is 1. The van der Waals surface area contributed by atoms with E-state index < -0.39 is 0 Å². The lowest BCUT2D eigenvalue weighted by atomic mass is 9.96. The highest BCUT2D eigenvalue weighted by Gasteiger charge is 2.28. The largest absolute Gasteiger partial charge is 0.379 e. The second kappa shape index (κ2) is 7.70. The minimum absolute atomic E-state index is 0.0413. The third-order valence-electron chi connectivity index (χ3n) is 4.87. The van der Waals surface area contributed by atoms with Crippen molar-refractivity contribution < 1.29 is 9.53 Å². The van der Waals surface area contributed by atoms with Gasteiger partial charge in [0.25, 0.3) is 0 Å². The van der Waals surface area contributed by atoms with Gasteiger partial charge in [-0.25, -0.2) is 9.48 Å². The van der Waals surface area contributed by atoms with Gasteiger partial charge < -0.3 is 15.0 Å². The van der Waals surface area contributed by atoms with Crippen LogP contribution in [0.3, 0.4) is 0 Å². The number of rotatable bonds is 4. The Labute approximate surface area is 148 Å². The lowest BCUT2D eigenvalue weighted by Gasteiger charge is -2.36. The molecule has 0 unspecified atom stereocenters. The highest BCUT2D eigenvalue weighted by Crippen LogP contribution is 2.20. The van der Waals surface area contributed by atoms with Crippen molar-refractivity contribution in [3.63, 3.8) is 0 Å². The number of ether oxygens (including phenoxy) is 1. The second-order valence-corrected chi connectivity index (χ2v) is 6.68. The number of nitrogens with one attached hydrogen (secondary N) is 1. The summed E-state index contributed by atoms with van der Waals surface area (Å²) in [6.45, 7) is 6.02. The average Bonchev–Trinajstić information content (AvgIpc) is 3.06. The molecular formula is C19H26N4O2. The molecule has 2 atom stereocenters. The predicted octanol–water partition coefficient (Wildman–Crippen LogP) is 2.75. The molecule has 1 fully saturated rings. The van der Waals surface area contributed by atoms with Crippen molar-refractivity contribution in [3.8, 4) is 5.69 Å². The van der Waals surface area contributed by atoms with E-state index in [0.717, 1.165) is 29.9 Å². The third kappa shape index (κ3) is 4.02. The summed E-state index contributed by atoms with van der Waals surface area (Å²) in [6.07, 6.45) is 3.01. The molecule has 0 saturated carbocycles. The second-order valence-electron chi connectivity index (χ2n) is 6.68. The summed E-state index contributed by atoms with van der Waals surface area (Å²) in [6, 6.07) is 9.91. The lowest BCUT2D eigenvalue weighted by Crippen LogP contribution is -2.50. The predicted molar refractivity (Wildman–Crippen MR) is 96.7 cm³/mol. The van der Waals surface area contributed by atoms with Crippen molar-refractivity contribution in [2.45, 2.75) is 32.9 Å². The van der Waals surface area contributed by atoms with Crippen LogP contribution in [0.15, 0.2) is 36.5 Å². The third-order valence-corrected chi connectivity index (χ3v) is 4.87. The van der Waals surface area contributed by atoms with Crippen molar-refractivity contribution in [2.24, 2.45) is 5.92 Å². The monoisotopic (exact) mass is 342 g/mol. The zero-order valence-electron chi connectivity index (χ0n) is 15.1. The van der Waals surface area contributed by atoms with Crippen LogP contribution in [-0.4, -0.2) is 47.0 Å². The van der Waals surface area contributed by atoms with Crippen LogP contribution in [0.4, 0.5) is 4.79 Å². The maximum atomic E-state index is 12.5. The number of methoxy groups -OCH3 is 1. The molecule has 0 spiro atoms. The molecule has 1 aliphatic rings. The number of carbonyl (C=O) groups excluding carboxylic acids is 1. The Kier molecular flexibility index (Phi) is 5.38. The summed E-state index contributed by atoms with van der Waals surface area (Å²) in [5.41, 5.74) is 2.98. The first-order valence-corrected chi connectivity index (χ1v) is 8.74. The summed E-state index contributed by atoms with van der Waals surface area (Å²) in [5.74, 6) is 0.484. The Morgan fingerprint density at radius 2 is 2.16 bits per heavy atom. The molecule has 25 heavy (non-hydrogen) atoms. The van der Waals surface area contributed by atoms with Crippen LogP contribution in [-0.2, 0) is 11.3 Å². The van der Waals surface area contributed by atoms with E-state index >= 15 is 0 Å². The van der Waals surface area contributed by atoms with Gasteiger partial charge in [0.1, 0.15) is 0 Å². The Morgan fingerprint density at radius 3 is 2.88 bits per heavy atom.